The minimum absolute atomic E-state index is 0.427. The van der Waals surface area contributed by atoms with Gasteiger partial charge in [0.1, 0.15) is 0 Å². The van der Waals surface area contributed by atoms with Gasteiger partial charge in [0.15, 0.2) is 0 Å². The van der Waals surface area contributed by atoms with Gasteiger partial charge in [-0.1, -0.05) is 43.3 Å². The predicted molar refractivity (Wildman–Crippen MR) is 81.3 cm³/mol. The van der Waals surface area contributed by atoms with E-state index in [1.807, 2.05) is 18.2 Å². The van der Waals surface area contributed by atoms with E-state index in [1.54, 1.807) is 0 Å². The molecule has 0 spiro atoms. The Balaban J connectivity index is 2.15. The van der Waals surface area contributed by atoms with Crippen molar-refractivity contribution in [1.82, 2.24) is 4.90 Å². The van der Waals surface area contributed by atoms with Gasteiger partial charge in [-0.25, -0.2) is 0 Å². The van der Waals surface area contributed by atoms with Crippen molar-refractivity contribution in [2.45, 2.75) is 32.4 Å². The van der Waals surface area contributed by atoms with E-state index in [1.165, 1.54) is 10.8 Å². The van der Waals surface area contributed by atoms with Crippen LogP contribution in [0.1, 0.15) is 31.9 Å². The van der Waals surface area contributed by atoms with Crippen molar-refractivity contribution in [3.8, 4) is 0 Å². The third-order valence-electron chi connectivity index (χ3n) is 3.96. The van der Waals surface area contributed by atoms with Gasteiger partial charge in [-0.05, 0) is 42.8 Å². The van der Waals surface area contributed by atoms with Gasteiger partial charge in [-0.15, -0.1) is 0 Å². The first-order valence-corrected chi connectivity index (χ1v) is 6.98. The summed E-state index contributed by atoms with van der Waals surface area (Å²) in [6.07, 6.45) is 0.671. The molecule has 2 atom stereocenters. The lowest BCUT2D eigenvalue weighted by molar-refractivity contribution is 0.107. The molecule has 2 rings (SSSR count). The quantitative estimate of drug-likeness (QED) is 0.884. The minimum Gasteiger partial charge on any atom is -0.387 e. The van der Waals surface area contributed by atoms with Crippen molar-refractivity contribution < 1.29 is 5.11 Å². The lowest BCUT2D eigenvalue weighted by atomic mass is 10.0. The van der Waals surface area contributed by atoms with Crippen LogP contribution in [0.4, 0.5) is 0 Å². The van der Waals surface area contributed by atoms with Crippen LogP contribution in [0.15, 0.2) is 42.5 Å². The summed E-state index contributed by atoms with van der Waals surface area (Å²) in [4.78, 5) is 2.21. The molecule has 19 heavy (non-hydrogen) atoms. The zero-order chi connectivity index (χ0) is 13.8. The van der Waals surface area contributed by atoms with Crippen molar-refractivity contribution in [1.29, 1.82) is 0 Å². The molecule has 0 fully saturated rings. The van der Waals surface area contributed by atoms with Gasteiger partial charge >= 0.3 is 0 Å². The van der Waals surface area contributed by atoms with Gasteiger partial charge in [0, 0.05) is 12.6 Å². The maximum Gasteiger partial charge on any atom is 0.0917 e. The van der Waals surface area contributed by atoms with Crippen LogP contribution in [0.25, 0.3) is 10.8 Å². The highest BCUT2D eigenvalue weighted by atomic mass is 16.3. The Morgan fingerprint density at radius 2 is 1.79 bits per heavy atom. The number of hydrogen-bond acceptors (Lipinski definition) is 2. The number of likely N-dealkylation sites (N-methyl/N-ethyl adjacent to an activating group) is 1. The largest absolute Gasteiger partial charge is 0.387 e. The monoisotopic (exact) mass is 257 g/mol. The van der Waals surface area contributed by atoms with Gasteiger partial charge in [-0.3, -0.25) is 0 Å². The van der Waals surface area contributed by atoms with E-state index in [0.29, 0.717) is 12.6 Å². The summed E-state index contributed by atoms with van der Waals surface area (Å²) in [5, 5.41) is 12.8. The molecule has 0 heterocycles. The summed E-state index contributed by atoms with van der Waals surface area (Å²) in [7, 11) is 2.07. The maximum atomic E-state index is 10.4. The highest BCUT2D eigenvalue weighted by molar-refractivity contribution is 5.83. The molecule has 0 saturated carbocycles. The van der Waals surface area contributed by atoms with Crippen LogP contribution in [-0.4, -0.2) is 29.6 Å². The first kappa shape index (κ1) is 14.0. The molecule has 0 bridgehead atoms. The normalized spacial score (nSPS) is 14.8. The Morgan fingerprint density at radius 1 is 1.11 bits per heavy atom. The van der Waals surface area contributed by atoms with Gasteiger partial charge in [-0.2, -0.15) is 0 Å². The Bertz CT molecular complexity index is 538. The lowest BCUT2D eigenvalue weighted by Gasteiger charge is -2.26. The number of rotatable bonds is 5. The number of aliphatic hydroxyl groups excluding tert-OH is 1. The van der Waals surface area contributed by atoms with E-state index in [2.05, 4.69) is 50.1 Å². The molecular weight excluding hydrogens is 234 g/mol. The third kappa shape index (κ3) is 3.34. The minimum atomic E-state index is -0.427. The van der Waals surface area contributed by atoms with Crippen molar-refractivity contribution in [2.24, 2.45) is 0 Å². The second kappa shape index (κ2) is 6.18. The molecule has 2 aromatic carbocycles. The lowest BCUT2D eigenvalue weighted by Crippen LogP contribution is -2.32. The topological polar surface area (TPSA) is 23.5 Å². The molecule has 0 aromatic heterocycles. The van der Waals surface area contributed by atoms with Crippen LogP contribution in [-0.2, 0) is 0 Å². The average Bonchev–Trinajstić information content (AvgIpc) is 2.45. The Morgan fingerprint density at radius 3 is 2.47 bits per heavy atom. The van der Waals surface area contributed by atoms with E-state index in [-0.39, 0.29) is 0 Å². The number of benzene rings is 2. The molecule has 1 N–H and O–H groups in total. The summed E-state index contributed by atoms with van der Waals surface area (Å²) in [5.74, 6) is 0. The number of aliphatic hydroxyl groups is 1. The second-order valence-electron chi connectivity index (χ2n) is 5.32. The maximum absolute atomic E-state index is 10.4. The van der Waals surface area contributed by atoms with Crippen LogP contribution in [0.5, 0.6) is 0 Å². The Hall–Kier alpha value is -1.38. The van der Waals surface area contributed by atoms with Crippen molar-refractivity contribution in [2.75, 3.05) is 13.6 Å². The predicted octanol–water partition coefficient (Wildman–Crippen LogP) is 3.60. The van der Waals surface area contributed by atoms with E-state index in [4.69, 9.17) is 0 Å². The zero-order valence-corrected chi connectivity index (χ0v) is 12.0. The van der Waals surface area contributed by atoms with Gasteiger partial charge in [0.25, 0.3) is 0 Å². The standard InChI is InChI=1S/C17H23NO/c1-4-13(2)18(3)12-17(19)16-10-9-14-7-5-6-8-15(14)11-16/h5-11,13,17,19H,4,12H2,1-3H3. The van der Waals surface area contributed by atoms with E-state index in [0.717, 1.165) is 12.0 Å². The fraction of sp³-hybridized carbons (Fsp3) is 0.412. The van der Waals surface area contributed by atoms with Gasteiger partial charge in [0.2, 0.25) is 0 Å². The van der Waals surface area contributed by atoms with E-state index >= 15 is 0 Å². The van der Waals surface area contributed by atoms with E-state index < -0.39 is 6.10 Å². The molecular formula is C17H23NO. The first-order chi connectivity index (χ1) is 9.11. The summed E-state index contributed by atoms with van der Waals surface area (Å²) < 4.78 is 0. The molecule has 0 amide bonds. The molecule has 0 aliphatic heterocycles. The van der Waals surface area contributed by atoms with Crippen LogP contribution in [0.3, 0.4) is 0 Å². The Labute approximate surface area is 115 Å². The van der Waals surface area contributed by atoms with Crippen molar-refractivity contribution >= 4 is 10.8 Å². The van der Waals surface area contributed by atoms with E-state index in [9.17, 15) is 5.11 Å². The van der Waals surface area contributed by atoms with Crippen LogP contribution < -0.4 is 0 Å². The smallest absolute Gasteiger partial charge is 0.0917 e. The average molecular weight is 257 g/mol. The molecule has 0 saturated heterocycles. The summed E-state index contributed by atoms with van der Waals surface area (Å²) in [5.41, 5.74) is 0.994. The molecule has 0 aliphatic carbocycles. The van der Waals surface area contributed by atoms with Crippen LogP contribution in [0.2, 0.25) is 0 Å². The fourth-order valence-corrected chi connectivity index (χ4v) is 2.28. The number of nitrogens with zero attached hydrogens (tertiary/aromatic N) is 1. The second-order valence-corrected chi connectivity index (χ2v) is 5.32. The highest BCUT2D eigenvalue weighted by Crippen LogP contribution is 2.21. The zero-order valence-electron chi connectivity index (χ0n) is 12.0. The molecule has 102 valence electrons. The highest BCUT2D eigenvalue weighted by Gasteiger charge is 2.14. The molecule has 2 unspecified atom stereocenters. The molecule has 2 nitrogen and oxygen atoms in total. The molecule has 0 aliphatic rings. The van der Waals surface area contributed by atoms with Crippen molar-refractivity contribution in [3.63, 3.8) is 0 Å². The van der Waals surface area contributed by atoms with Gasteiger partial charge < -0.3 is 10.0 Å². The fourth-order valence-electron chi connectivity index (χ4n) is 2.28. The number of fused-ring (bicyclic) bond motifs is 1. The van der Waals surface area contributed by atoms with Crippen LogP contribution >= 0.6 is 0 Å². The summed E-state index contributed by atoms with van der Waals surface area (Å²) in [6.45, 7) is 5.03. The summed E-state index contributed by atoms with van der Waals surface area (Å²) >= 11 is 0. The van der Waals surface area contributed by atoms with Gasteiger partial charge in [0.05, 0.1) is 6.10 Å². The SMILES string of the molecule is CCC(C)N(C)CC(O)c1ccc2ccccc2c1. The Kier molecular flexibility index (Phi) is 4.56. The van der Waals surface area contributed by atoms with Crippen LogP contribution in [0, 0.1) is 0 Å². The molecule has 0 radical (unpaired) electrons. The number of hydrogen-bond donors (Lipinski definition) is 1. The molecule has 2 heteroatoms. The third-order valence-corrected chi connectivity index (χ3v) is 3.96. The molecule has 2 aromatic rings. The first-order valence-electron chi connectivity index (χ1n) is 6.98. The summed E-state index contributed by atoms with van der Waals surface area (Å²) in [6, 6.07) is 14.9. The van der Waals surface area contributed by atoms with Crippen molar-refractivity contribution in [3.05, 3.63) is 48.0 Å².